The lowest BCUT2D eigenvalue weighted by Gasteiger charge is -2.12. The molecule has 0 bridgehead atoms. The van der Waals surface area contributed by atoms with Crippen LogP contribution in [0.25, 0.3) is 11.3 Å². The van der Waals surface area contributed by atoms with Gasteiger partial charge in [0.2, 0.25) is 5.13 Å². The maximum Gasteiger partial charge on any atom is 0.203 e. The zero-order chi connectivity index (χ0) is 17.6. The second-order valence-corrected chi connectivity index (χ2v) is 6.92. The van der Waals surface area contributed by atoms with Crippen LogP contribution >= 0.6 is 22.9 Å². The Kier molecular flexibility index (Phi) is 5.68. The van der Waals surface area contributed by atoms with Crippen molar-refractivity contribution >= 4 is 34.3 Å². The number of halogens is 1. The molecule has 0 saturated heterocycles. The van der Waals surface area contributed by atoms with Gasteiger partial charge in [-0.25, -0.2) is 4.98 Å². The third-order valence-corrected chi connectivity index (χ3v) is 4.25. The fourth-order valence-electron chi connectivity index (χ4n) is 2.21. The molecule has 0 saturated carbocycles. The van der Waals surface area contributed by atoms with Crippen LogP contribution < -0.4 is 10.2 Å². The molecule has 0 spiro atoms. The predicted molar refractivity (Wildman–Crippen MR) is 106 cm³/mol. The molecule has 25 heavy (non-hydrogen) atoms. The highest BCUT2D eigenvalue weighted by Crippen LogP contribution is 2.25. The molecule has 0 atom stereocenters. The number of aromatic nitrogens is 1. The molecule has 4 nitrogen and oxygen atoms in total. The Morgan fingerprint density at radius 2 is 2.00 bits per heavy atom. The lowest BCUT2D eigenvalue weighted by atomic mass is 10.2. The van der Waals surface area contributed by atoms with E-state index >= 15 is 0 Å². The molecule has 0 unspecified atom stereocenters. The quantitative estimate of drug-likeness (QED) is 0.446. The Balaban J connectivity index is 1.72. The van der Waals surface area contributed by atoms with E-state index in [1.807, 2.05) is 61.7 Å². The first-order valence-electron chi connectivity index (χ1n) is 7.88. The highest BCUT2D eigenvalue weighted by molar-refractivity contribution is 7.14. The minimum Gasteiger partial charge on any atom is -0.490 e. The Morgan fingerprint density at radius 1 is 1.20 bits per heavy atom. The van der Waals surface area contributed by atoms with Gasteiger partial charge in [-0.3, -0.25) is 5.43 Å². The van der Waals surface area contributed by atoms with Gasteiger partial charge in [-0.1, -0.05) is 41.9 Å². The normalized spacial score (nSPS) is 11.2. The van der Waals surface area contributed by atoms with Crippen LogP contribution in [0.3, 0.4) is 0 Å². The van der Waals surface area contributed by atoms with Gasteiger partial charge in [0.05, 0.1) is 18.0 Å². The maximum absolute atomic E-state index is 6.07. The molecule has 3 rings (SSSR count). The monoisotopic (exact) mass is 371 g/mol. The molecule has 1 aromatic heterocycles. The molecule has 128 valence electrons. The third-order valence-electron chi connectivity index (χ3n) is 3.27. The zero-order valence-corrected chi connectivity index (χ0v) is 15.5. The first-order valence-corrected chi connectivity index (χ1v) is 9.14. The van der Waals surface area contributed by atoms with Gasteiger partial charge < -0.3 is 4.74 Å². The number of rotatable bonds is 6. The van der Waals surface area contributed by atoms with Crippen LogP contribution in [-0.2, 0) is 0 Å². The van der Waals surface area contributed by atoms with Crippen molar-refractivity contribution in [1.29, 1.82) is 0 Å². The molecule has 0 aliphatic rings. The van der Waals surface area contributed by atoms with Gasteiger partial charge >= 0.3 is 0 Å². The molecule has 0 aliphatic carbocycles. The second kappa shape index (κ2) is 8.14. The maximum atomic E-state index is 6.07. The van der Waals surface area contributed by atoms with E-state index in [0.717, 1.165) is 27.7 Å². The lowest BCUT2D eigenvalue weighted by Crippen LogP contribution is -2.07. The van der Waals surface area contributed by atoms with Gasteiger partial charge in [-0.05, 0) is 32.0 Å². The Hall–Kier alpha value is -2.37. The van der Waals surface area contributed by atoms with Gasteiger partial charge in [-0.15, -0.1) is 11.3 Å². The summed E-state index contributed by atoms with van der Waals surface area (Å²) in [7, 11) is 0. The average molecular weight is 372 g/mol. The summed E-state index contributed by atoms with van der Waals surface area (Å²) in [6.45, 7) is 3.96. The Bertz CT molecular complexity index is 862. The minimum atomic E-state index is 0.0775. The number of nitrogens with zero attached hydrogens (tertiary/aromatic N) is 2. The van der Waals surface area contributed by atoms with Crippen LogP contribution in [0.5, 0.6) is 5.75 Å². The summed E-state index contributed by atoms with van der Waals surface area (Å²) in [6.07, 6.45) is 1.77. The molecule has 3 aromatic rings. The summed E-state index contributed by atoms with van der Waals surface area (Å²) in [4.78, 5) is 4.54. The highest BCUT2D eigenvalue weighted by Gasteiger charge is 2.06. The van der Waals surface area contributed by atoms with E-state index in [9.17, 15) is 0 Å². The summed E-state index contributed by atoms with van der Waals surface area (Å²) < 4.78 is 5.77. The second-order valence-electron chi connectivity index (χ2n) is 5.62. The fraction of sp³-hybridized carbons (Fsp3) is 0.158. The van der Waals surface area contributed by atoms with Crippen molar-refractivity contribution < 1.29 is 4.74 Å². The van der Waals surface area contributed by atoms with Crippen LogP contribution in [0.1, 0.15) is 19.4 Å². The zero-order valence-electron chi connectivity index (χ0n) is 13.9. The summed E-state index contributed by atoms with van der Waals surface area (Å²) in [6, 6.07) is 15.5. The number of benzene rings is 2. The first kappa shape index (κ1) is 17.5. The van der Waals surface area contributed by atoms with E-state index in [-0.39, 0.29) is 6.10 Å². The molecular weight excluding hydrogens is 354 g/mol. The van der Waals surface area contributed by atoms with E-state index in [2.05, 4.69) is 15.5 Å². The summed E-state index contributed by atoms with van der Waals surface area (Å²) in [5.74, 6) is 0.745. The number of nitrogens with one attached hydrogen (secondary N) is 1. The molecule has 0 radical (unpaired) electrons. The van der Waals surface area contributed by atoms with Gasteiger partial charge in [0, 0.05) is 21.5 Å². The van der Waals surface area contributed by atoms with E-state index in [1.54, 1.807) is 12.3 Å². The van der Waals surface area contributed by atoms with Crippen molar-refractivity contribution in [1.82, 2.24) is 4.98 Å². The lowest BCUT2D eigenvalue weighted by molar-refractivity contribution is 0.242. The van der Waals surface area contributed by atoms with E-state index < -0.39 is 0 Å². The molecule has 0 amide bonds. The van der Waals surface area contributed by atoms with E-state index in [1.165, 1.54) is 11.3 Å². The number of hydrogen-bond donors (Lipinski definition) is 1. The van der Waals surface area contributed by atoms with Crippen molar-refractivity contribution in [2.24, 2.45) is 5.10 Å². The topological polar surface area (TPSA) is 46.5 Å². The largest absolute Gasteiger partial charge is 0.490 e. The third kappa shape index (κ3) is 4.81. The number of anilines is 1. The van der Waals surface area contributed by atoms with Gasteiger partial charge in [-0.2, -0.15) is 5.10 Å². The van der Waals surface area contributed by atoms with Crippen LogP contribution in [-0.4, -0.2) is 17.3 Å². The Labute approximate surface area is 156 Å². The SMILES string of the molecule is CC(C)Oc1ccc(Cl)cc1C=NNc1nc(-c2ccccc2)cs1. The minimum absolute atomic E-state index is 0.0775. The van der Waals surface area contributed by atoms with Crippen molar-refractivity contribution in [3.8, 4) is 17.0 Å². The molecule has 1 heterocycles. The molecule has 2 aromatic carbocycles. The number of hydrazone groups is 1. The molecule has 0 aliphatic heterocycles. The molecule has 0 fully saturated rings. The number of hydrogen-bond acceptors (Lipinski definition) is 5. The summed E-state index contributed by atoms with van der Waals surface area (Å²) >= 11 is 7.58. The molecule has 1 N–H and O–H groups in total. The van der Waals surface area contributed by atoms with Gasteiger partial charge in [0.1, 0.15) is 5.75 Å². The smallest absolute Gasteiger partial charge is 0.203 e. The van der Waals surface area contributed by atoms with E-state index in [4.69, 9.17) is 16.3 Å². The Morgan fingerprint density at radius 3 is 2.76 bits per heavy atom. The van der Waals surface area contributed by atoms with Crippen molar-refractivity contribution in [2.75, 3.05) is 5.43 Å². The first-order chi connectivity index (χ1) is 12.1. The van der Waals surface area contributed by atoms with Gasteiger partial charge in [0.25, 0.3) is 0 Å². The van der Waals surface area contributed by atoms with Crippen LogP contribution in [0.15, 0.2) is 59.0 Å². The summed E-state index contributed by atoms with van der Waals surface area (Å²) in [5.41, 5.74) is 5.78. The molecular formula is C19H18ClN3OS. The van der Waals surface area contributed by atoms with Crippen LogP contribution in [0.2, 0.25) is 5.02 Å². The predicted octanol–water partition coefficient (Wildman–Crippen LogP) is 5.70. The number of ether oxygens (including phenoxy) is 1. The standard InChI is InChI=1S/C19H18ClN3OS/c1-13(2)24-18-9-8-16(20)10-15(18)11-21-23-19-22-17(12-25-19)14-6-4-3-5-7-14/h3-13H,1-2H3,(H,22,23). The van der Waals surface area contributed by atoms with Crippen molar-refractivity contribution in [2.45, 2.75) is 20.0 Å². The van der Waals surface area contributed by atoms with Gasteiger partial charge in [0.15, 0.2) is 0 Å². The summed E-state index contributed by atoms with van der Waals surface area (Å²) in [5, 5.41) is 7.62. The fourth-order valence-corrected chi connectivity index (χ4v) is 3.05. The highest BCUT2D eigenvalue weighted by atomic mass is 35.5. The van der Waals surface area contributed by atoms with Crippen molar-refractivity contribution in [3.63, 3.8) is 0 Å². The number of thiazole rings is 1. The van der Waals surface area contributed by atoms with E-state index in [0.29, 0.717) is 5.02 Å². The van der Waals surface area contributed by atoms with Crippen LogP contribution in [0, 0.1) is 0 Å². The van der Waals surface area contributed by atoms with Crippen LogP contribution in [0.4, 0.5) is 5.13 Å². The molecule has 6 heteroatoms. The van der Waals surface area contributed by atoms with Crippen molar-refractivity contribution in [3.05, 3.63) is 64.5 Å². The average Bonchev–Trinajstić information content (AvgIpc) is 3.07.